The molecule has 2 aliphatic heterocycles. The topological polar surface area (TPSA) is 167 Å². The molecule has 15 heteroatoms. The van der Waals surface area contributed by atoms with Gasteiger partial charge in [-0.2, -0.15) is 0 Å². The van der Waals surface area contributed by atoms with E-state index in [1.54, 1.807) is 6.07 Å². The molecule has 2 aromatic carbocycles. The fourth-order valence-corrected chi connectivity index (χ4v) is 7.79. The van der Waals surface area contributed by atoms with Gasteiger partial charge < -0.3 is 25.0 Å². The fraction of sp³-hybridized carbons (Fsp3) is 0.562. The van der Waals surface area contributed by atoms with Gasteiger partial charge in [-0.05, 0) is 49.4 Å². The SMILES string of the molecule is CON(C)C(=O)CNc1cccc(S(=O)(=O)N(C[C@@H](O)[C@H](Cc2ccccc2)N(C(=O)O)[C@H]2CO[C@H]3OCC[C@H]32)OC2CCCC2)c1. The summed E-state index contributed by atoms with van der Waals surface area (Å²) in [5.74, 6) is -0.581. The van der Waals surface area contributed by atoms with Gasteiger partial charge in [0.25, 0.3) is 15.9 Å². The van der Waals surface area contributed by atoms with E-state index >= 15 is 0 Å². The molecular formula is C32H44N4O10S. The molecule has 0 spiro atoms. The van der Waals surface area contributed by atoms with E-state index in [2.05, 4.69) is 5.32 Å². The molecule has 0 unspecified atom stereocenters. The van der Waals surface area contributed by atoms with Crippen molar-refractivity contribution >= 4 is 27.7 Å². The Morgan fingerprint density at radius 3 is 2.51 bits per heavy atom. The lowest BCUT2D eigenvalue weighted by molar-refractivity contribution is -0.166. The van der Waals surface area contributed by atoms with Gasteiger partial charge in [-0.1, -0.05) is 53.7 Å². The second-order valence-corrected chi connectivity index (χ2v) is 13.9. The lowest BCUT2D eigenvalue weighted by atomic mass is 9.93. The molecule has 2 aromatic rings. The highest BCUT2D eigenvalue weighted by atomic mass is 32.2. The molecule has 0 radical (unpaired) electrons. The molecule has 47 heavy (non-hydrogen) atoms. The van der Waals surface area contributed by atoms with Crippen molar-refractivity contribution in [1.29, 1.82) is 0 Å². The number of aliphatic hydroxyl groups is 1. The molecule has 0 aromatic heterocycles. The summed E-state index contributed by atoms with van der Waals surface area (Å²) in [5.41, 5.74) is 1.15. The van der Waals surface area contributed by atoms with E-state index < -0.39 is 47.1 Å². The third-order valence-corrected chi connectivity index (χ3v) is 10.7. The van der Waals surface area contributed by atoms with Gasteiger partial charge in [0.05, 0.1) is 62.6 Å². The van der Waals surface area contributed by atoms with Crippen molar-refractivity contribution in [1.82, 2.24) is 14.4 Å². The first-order valence-electron chi connectivity index (χ1n) is 15.9. The summed E-state index contributed by atoms with van der Waals surface area (Å²) in [6.45, 7) is -0.119. The minimum atomic E-state index is -4.37. The van der Waals surface area contributed by atoms with Crippen LogP contribution in [0.3, 0.4) is 0 Å². The van der Waals surface area contributed by atoms with Crippen LogP contribution in [0, 0.1) is 5.92 Å². The quantitative estimate of drug-likeness (QED) is 0.237. The van der Waals surface area contributed by atoms with E-state index in [0.717, 1.165) is 27.9 Å². The first-order valence-corrected chi connectivity index (χ1v) is 17.3. The van der Waals surface area contributed by atoms with Crippen molar-refractivity contribution in [2.45, 2.75) is 74.0 Å². The second kappa shape index (κ2) is 15.7. The molecular weight excluding hydrogens is 632 g/mol. The molecule has 2 heterocycles. The van der Waals surface area contributed by atoms with Crippen LogP contribution in [0.2, 0.25) is 0 Å². The predicted molar refractivity (Wildman–Crippen MR) is 169 cm³/mol. The number of hydrogen-bond acceptors (Lipinski definition) is 10. The molecule has 2 amide bonds. The van der Waals surface area contributed by atoms with Crippen LogP contribution in [0.5, 0.6) is 0 Å². The Balaban J connectivity index is 1.43. The summed E-state index contributed by atoms with van der Waals surface area (Å²) in [7, 11) is -1.55. The number of rotatable bonds is 15. The minimum Gasteiger partial charge on any atom is -0.465 e. The number of amides is 2. The number of carbonyl (C=O) groups excluding carboxylic acids is 1. The smallest absolute Gasteiger partial charge is 0.407 e. The van der Waals surface area contributed by atoms with E-state index in [9.17, 15) is 28.2 Å². The number of carbonyl (C=O) groups is 2. The van der Waals surface area contributed by atoms with Crippen LogP contribution >= 0.6 is 0 Å². The van der Waals surface area contributed by atoms with Gasteiger partial charge in [0.2, 0.25) is 0 Å². The van der Waals surface area contributed by atoms with Crippen LogP contribution in [-0.2, 0) is 40.4 Å². The number of carboxylic acid groups (broad SMARTS) is 1. The number of anilines is 1. The Bertz CT molecular complexity index is 1460. The zero-order valence-corrected chi connectivity index (χ0v) is 27.5. The third-order valence-electron chi connectivity index (χ3n) is 9.05. The van der Waals surface area contributed by atoms with Crippen molar-refractivity contribution in [2.75, 3.05) is 45.8 Å². The van der Waals surface area contributed by atoms with Crippen molar-refractivity contribution in [3.05, 3.63) is 60.2 Å². The molecule has 0 bridgehead atoms. The van der Waals surface area contributed by atoms with Crippen LogP contribution in [0.1, 0.15) is 37.7 Å². The van der Waals surface area contributed by atoms with Gasteiger partial charge in [-0.3, -0.25) is 19.4 Å². The highest BCUT2D eigenvalue weighted by molar-refractivity contribution is 7.89. The zero-order chi connectivity index (χ0) is 33.6. The molecule has 3 aliphatic rings. The van der Waals surface area contributed by atoms with Crippen molar-refractivity contribution in [2.24, 2.45) is 5.92 Å². The van der Waals surface area contributed by atoms with Crippen LogP contribution < -0.4 is 5.32 Å². The number of nitrogens with one attached hydrogen (secondary N) is 1. The summed E-state index contributed by atoms with van der Waals surface area (Å²) < 4.78 is 40.6. The van der Waals surface area contributed by atoms with Crippen molar-refractivity contribution in [3.63, 3.8) is 0 Å². The van der Waals surface area contributed by atoms with Crippen LogP contribution in [0.4, 0.5) is 10.5 Å². The Hall–Kier alpha value is -3.31. The fourth-order valence-electron chi connectivity index (χ4n) is 6.44. The maximum Gasteiger partial charge on any atom is 0.407 e. The number of fused-ring (bicyclic) bond motifs is 1. The summed E-state index contributed by atoms with van der Waals surface area (Å²) >= 11 is 0. The molecule has 5 atom stereocenters. The van der Waals surface area contributed by atoms with Crippen molar-refractivity contribution < 1.29 is 47.4 Å². The Labute approximate surface area is 275 Å². The first kappa shape index (κ1) is 35.0. The maximum absolute atomic E-state index is 14.2. The Morgan fingerprint density at radius 1 is 1.06 bits per heavy atom. The average molecular weight is 677 g/mol. The molecule has 14 nitrogen and oxygen atoms in total. The van der Waals surface area contributed by atoms with Crippen LogP contribution in [0.15, 0.2) is 59.5 Å². The Kier molecular flexibility index (Phi) is 11.7. The maximum atomic E-state index is 14.2. The molecule has 2 saturated heterocycles. The third kappa shape index (κ3) is 8.41. The summed E-state index contributed by atoms with van der Waals surface area (Å²) in [6, 6.07) is 13.5. The van der Waals surface area contributed by atoms with E-state index in [-0.39, 0.29) is 42.4 Å². The summed E-state index contributed by atoms with van der Waals surface area (Å²) in [5, 5.41) is 26.4. The van der Waals surface area contributed by atoms with Gasteiger partial charge in [-0.15, -0.1) is 0 Å². The molecule has 258 valence electrons. The zero-order valence-electron chi connectivity index (χ0n) is 26.6. The first-order chi connectivity index (χ1) is 22.6. The molecule has 3 fully saturated rings. The second-order valence-electron chi connectivity index (χ2n) is 12.1. The van der Waals surface area contributed by atoms with E-state index in [1.807, 2.05) is 30.3 Å². The number of hydrogen-bond donors (Lipinski definition) is 3. The number of hydroxylamine groups is 3. The van der Waals surface area contributed by atoms with Gasteiger partial charge in [0.15, 0.2) is 6.29 Å². The molecule has 1 saturated carbocycles. The largest absolute Gasteiger partial charge is 0.465 e. The summed E-state index contributed by atoms with van der Waals surface area (Å²) in [6.07, 6.45) is 0.150. The van der Waals surface area contributed by atoms with Crippen LogP contribution in [-0.4, -0.2) is 116 Å². The van der Waals surface area contributed by atoms with Gasteiger partial charge in [0.1, 0.15) is 0 Å². The van der Waals surface area contributed by atoms with Gasteiger partial charge >= 0.3 is 6.09 Å². The monoisotopic (exact) mass is 676 g/mol. The van der Waals surface area contributed by atoms with Gasteiger partial charge in [-0.25, -0.2) is 18.3 Å². The standard InChI is InChI=1S/C32H44N4O10S/c1-34(43-2)30(38)19-33-23-11-8-14-25(18-23)47(41,42)35(46-24-12-6-7-13-24)20-29(37)27(17-22-9-4-3-5-10-22)36(32(39)40)28-21-45-31-26(28)15-16-44-31/h3-5,8-11,14,18,24,26-29,31,33,37H,6-7,12-13,15-17,19-21H2,1-2H3,(H,39,40)/t26-,27-,28-,29+,31+/m0/s1. The number of aliphatic hydroxyl groups excluding tert-OH is 1. The number of benzene rings is 2. The Morgan fingerprint density at radius 2 is 1.81 bits per heavy atom. The minimum absolute atomic E-state index is 0.0999. The van der Waals surface area contributed by atoms with Crippen molar-refractivity contribution in [3.8, 4) is 0 Å². The van der Waals surface area contributed by atoms with Gasteiger partial charge in [0, 0.05) is 18.7 Å². The average Bonchev–Trinajstić information content (AvgIpc) is 3.84. The lowest BCUT2D eigenvalue weighted by Crippen LogP contribution is -2.57. The van der Waals surface area contributed by atoms with Crippen LogP contribution in [0.25, 0.3) is 0 Å². The van der Waals surface area contributed by atoms with E-state index in [0.29, 0.717) is 31.6 Å². The number of ether oxygens (including phenoxy) is 2. The van der Waals surface area contributed by atoms with E-state index in [4.69, 9.17) is 19.1 Å². The number of sulfonamides is 1. The number of nitrogens with zero attached hydrogens (tertiary/aromatic N) is 3. The highest BCUT2D eigenvalue weighted by Gasteiger charge is 2.49. The molecule has 5 rings (SSSR count). The number of likely N-dealkylation sites (N-methyl/N-ethyl adjacent to an activating group) is 1. The van der Waals surface area contributed by atoms with E-state index in [1.165, 1.54) is 37.3 Å². The normalized spacial score (nSPS) is 22.6. The molecule has 3 N–H and O–H groups in total. The lowest BCUT2D eigenvalue weighted by Gasteiger charge is -2.39. The highest BCUT2D eigenvalue weighted by Crippen LogP contribution is 2.36. The predicted octanol–water partition coefficient (Wildman–Crippen LogP) is 2.70. The summed E-state index contributed by atoms with van der Waals surface area (Å²) in [4.78, 5) is 37.2. The molecule has 1 aliphatic carbocycles.